The second kappa shape index (κ2) is 12.7. The molecule has 1 spiro atoms. The summed E-state index contributed by atoms with van der Waals surface area (Å²) in [5.41, 5.74) is 4.85. The van der Waals surface area contributed by atoms with Crippen molar-refractivity contribution in [3.8, 4) is 17.0 Å². The number of carbonyl (C=O) groups is 1. The molecular formula is C37H44FN7O3. The molecule has 2 bridgehead atoms. The fourth-order valence-electron chi connectivity index (χ4n) is 8.00. The first kappa shape index (κ1) is 31.2. The van der Waals surface area contributed by atoms with Crippen molar-refractivity contribution in [2.24, 2.45) is 11.3 Å². The summed E-state index contributed by atoms with van der Waals surface area (Å²) < 4.78 is 29.5. The van der Waals surface area contributed by atoms with Gasteiger partial charge in [0.25, 0.3) is 5.91 Å². The van der Waals surface area contributed by atoms with Crippen LogP contribution >= 0.6 is 0 Å². The molecule has 0 unspecified atom stereocenters. The van der Waals surface area contributed by atoms with Gasteiger partial charge >= 0.3 is 0 Å². The molecule has 1 N–H and O–H groups in total. The zero-order chi connectivity index (χ0) is 32.8. The number of fused-ring (bicyclic) bond motifs is 7. The lowest BCUT2D eigenvalue weighted by Gasteiger charge is -2.50. The van der Waals surface area contributed by atoms with Crippen molar-refractivity contribution < 1.29 is 18.7 Å². The number of aromatic nitrogens is 4. The van der Waals surface area contributed by atoms with Gasteiger partial charge in [0.2, 0.25) is 5.95 Å². The highest BCUT2D eigenvalue weighted by Gasteiger charge is 2.40. The molecule has 4 aliphatic rings. The van der Waals surface area contributed by atoms with Gasteiger partial charge < -0.3 is 18.9 Å². The Kier molecular flexibility index (Phi) is 8.28. The molecule has 1 atom stereocenters. The van der Waals surface area contributed by atoms with Crippen molar-refractivity contribution in [3.63, 3.8) is 0 Å². The average molecular weight is 654 g/mol. The lowest BCUT2D eigenvalue weighted by atomic mass is 9.71. The van der Waals surface area contributed by atoms with E-state index in [2.05, 4.69) is 31.6 Å². The molecule has 1 amide bonds. The smallest absolute Gasteiger partial charge is 0.258 e. The molecule has 4 aromatic rings. The molecule has 10 nitrogen and oxygen atoms in total. The Morgan fingerprint density at radius 2 is 1.81 bits per heavy atom. The van der Waals surface area contributed by atoms with E-state index in [0.29, 0.717) is 64.5 Å². The standard InChI is InChI=1S/C37H44FN7O3/c1-24-4-3-15-48-34-5-10-39-20-28(34)30-17-26(16-25(2)40-30)35(46)42-36-41-31-18-29(38)32(19-33(31)45(36)21-24)44-13-8-37(9-14-44)6-11-43(12-7-37)27-22-47-23-27/h5,10,16-20,24,27H,3-4,6-9,11-15,21-23H2,1-2H3,(H,41,42,46)/t24-/m1/s1. The Labute approximate surface area is 280 Å². The molecule has 3 aromatic heterocycles. The van der Waals surface area contributed by atoms with E-state index in [1.807, 2.05) is 19.1 Å². The molecule has 0 radical (unpaired) electrons. The van der Waals surface area contributed by atoms with Crippen molar-refractivity contribution in [1.82, 2.24) is 24.4 Å². The average Bonchev–Trinajstić information content (AvgIpc) is 3.37. The summed E-state index contributed by atoms with van der Waals surface area (Å²) in [6.07, 6.45) is 9.76. The van der Waals surface area contributed by atoms with Crippen LogP contribution in [0, 0.1) is 24.1 Å². The summed E-state index contributed by atoms with van der Waals surface area (Å²) in [4.78, 5) is 32.4. The van der Waals surface area contributed by atoms with Crippen LogP contribution in [-0.2, 0) is 11.3 Å². The Bertz CT molecular complexity index is 1820. The van der Waals surface area contributed by atoms with E-state index in [1.165, 1.54) is 18.9 Å². The minimum atomic E-state index is -0.301. The highest BCUT2D eigenvalue weighted by atomic mass is 19.1. The molecule has 11 heteroatoms. The lowest BCUT2D eigenvalue weighted by molar-refractivity contribution is -0.0834. The van der Waals surface area contributed by atoms with Crippen LogP contribution in [0.1, 0.15) is 61.5 Å². The van der Waals surface area contributed by atoms with Crippen LogP contribution in [0.25, 0.3) is 22.3 Å². The highest BCUT2D eigenvalue weighted by Crippen LogP contribution is 2.43. The monoisotopic (exact) mass is 653 g/mol. The second-order valence-electron chi connectivity index (χ2n) is 14.4. The number of amides is 1. The van der Waals surface area contributed by atoms with Crippen molar-refractivity contribution in [1.29, 1.82) is 0 Å². The topological polar surface area (TPSA) is 97.6 Å². The van der Waals surface area contributed by atoms with Crippen molar-refractivity contribution in [3.05, 3.63) is 59.8 Å². The first-order chi connectivity index (χ1) is 23.3. The number of ether oxygens (including phenoxy) is 2. The van der Waals surface area contributed by atoms with Gasteiger partial charge in [0.15, 0.2) is 0 Å². The number of nitrogens with zero attached hydrogens (tertiary/aromatic N) is 6. The number of anilines is 2. The van der Waals surface area contributed by atoms with Crippen LogP contribution in [0.2, 0.25) is 0 Å². The Morgan fingerprint density at radius 1 is 1.02 bits per heavy atom. The number of aryl methyl sites for hydroxylation is 1. The van der Waals surface area contributed by atoms with E-state index in [9.17, 15) is 4.79 Å². The number of benzene rings is 1. The Balaban J connectivity index is 1.08. The van der Waals surface area contributed by atoms with Crippen LogP contribution in [-0.4, -0.2) is 82.4 Å². The van der Waals surface area contributed by atoms with Gasteiger partial charge in [-0.3, -0.25) is 25.0 Å². The molecule has 7 heterocycles. The number of rotatable bonds is 2. The fraction of sp³-hybridized carbons (Fsp3) is 0.514. The quantitative estimate of drug-likeness (QED) is 0.278. The zero-order valence-corrected chi connectivity index (χ0v) is 27.9. The maximum atomic E-state index is 15.9. The number of imidazole rings is 1. The van der Waals surface area contributed by atoms with Crippen LogP contribution in [0.3, 0.4) is 0 Å². The second-order valence-corrected chi connectivity index (χ2v) is 14.4. The molecule has 3 fully saturated rings. The molecule has 0 aliphatic carbocycles. The number of hydrogen-bond donors (Lipinski definition) is 1. The summed E-state index contributed by atoms with van der Waals surface area (Å²) in [6.45, 7) is 10.9. The number of likely N-dealkylation sites (tertiary alicyclic amines) is 1. The van der Waals surface area contributed by atoms with Crippen LogP contribution in [0.15, 0.2) is 42.7 Å². The van der Waals surface area contributed by atoms with E-state index in [0.717, 1.165) is 76.2 Å². The first-order valence-electron chi connectivity index (χ1n) is 17.5. The van der Waals surface area contributed by atoms with E-state index in [1.54, 1.807) is 24.5 Å². The summed E-state index contributed by atoms with van der Waals surface area (Å²) >= 11 is 0. The predicted octanol–water partition coefficient (Wildman–Crippen LogP) is 6.08. The third-order valence-electron chi connectivity index (χ3n) is 11.1. The SMILES string of the molecule is Cc1cc2cc(n1)-c1cnccc1OCCC[C@@H](C)Cn1c(nc3cc(F)c(N4CCC5(CC4)CCN(C4COC4)CC5)cc31)NC2=O. The predicted molar refractivity (Wildman–Crippen MR) is 183 cm³/mol. The van der Waals surface area contributed by atoms with Gasteiger partial charge in [0.1, 0.15) is 11.6 Å². The number of nitrogens with one attached hydrogen (secondary N) is 1. The molecule has 8 rings (SSSR count). The number of pyridine rings is 2. The van der Waals surface area contributed by atoms with Gasteiger partial charge in [0, 0.05) is 49.4 Å². The maximum Gasteiger partial charge on any atom is 0.258 e. The molecule has 4 aliphatic heterocycles. The minimum absolute atomic E-state index is 0.259. The summed E-state index contributed by atoms with van der Waals surface area (Å²) in [5, 5.41) is 3.07. The fourth-order valence-corrected chi connectivity index (χ4v) is 8.00. The highest BCUT2D eigenvalue weighted by molar-refractivity contribution is 6.05. The Morgan fingerprint density at radius 3 is 2.58 bits per heavy atom. The molecule has 0 saturated carbocycles. The number of hydrogen-bond acceptors (Lipinski definition) is 8. The molecule has 252 valence electrons. The molecule has 3 saturated heterocycles. The molecule has 48 heavy (non-hydrogen) atoms. The van der Waals surface area contributed by atoms with Gasteiger partial charge in [0.05, 0.1) is 53.8 Å². The van der Waals surface area contributed by atoms with Crippen LogP contribution in [0.5, 0.6) is 5.75 Å². The normalized spacial score (nSPS) is 22.2. The van der Waals surface area contributed by atoms with Crippen molar-refractivity contribution in [2.75, 3.05) is 56.2 Å². The van der Waals surface area contributed by atoms with Gasteiger partial charge in [-0.2, -0.15) is 0 Å². The third kappa shape index (κ3) is 6.02. The summed E-state index contributed by atoms with van der Waals surface area (Å²) in [6, 6.07) is 9.45. The number of carbonyl (C=O) groups excluding carboxylic acids is 1. The maximum absolute atomic E-state index is 15.9. The van der Waals surface area contributed by atoms with E-state index in [4.69, 9.17) is 19.4 Å². The summed E-state index contributed by atoms with van der Waals surface area (Å²) in [5.74, 6) is 0.807. The van der Waals surface area contributed by atoms with E-state index < -0.39 is 0 Å². The van der Waals surface area contributed by atoms with Crippen molar-refractivity contribution in [2.45, 2.75) is 65.0 Å². The van der Waals surface area contributed by atoms with Crippen LogP contribution < -0.4 is 15.0 Å². The Hall–Kier alpha value is -4.09. The van der Waals surface area contributed by atoms with Gasteiger partial charge in [-0.15, -0.1) is 0 Å². The third-order valence-corrected chi connectivity index (χ3v) is 11.1. The summed E-state index contributed by atoms with van der Waals surface area (Å²) in [7, 11) is 0. The molecule has 1 aromatic carbocycles. The van der Waals surface area contributed by atoms with Crippen LogP contribution in [0.4, 0.5) is 16.0 Å². The minimum Gasteiger partial charge on any atom is -0.493 e. The van der Waals surface area contributed by atoms with Gasteiger partial charge in [-0.05, 0) is 94.1 Å². The molecular weight excluding hydrogens is 609 g/mol. The first-order valence-corrected chi connectivity index (χ1v) is 17.5. The lowest BCUT2D eigenvalue weighted by Crippen LogP contribution is -2.55. The number of halogens is 1. The largest absolute Gasteiger partial charge is 0.493 e. The zero-order valence-electron chi connectivity index (χ0n) is 27.9. The number of piperidine rings is 2. The van der Waals surface area contributed by atoms with E-state index in [-0.39, 0.29) is 17.6 Å². The van der Waals surface area contributed by atoms with E-state index >= 15 is 4.39 Å². The van der Waals surface area contributed by atoms with Crippen molar-refractivity contribution >= 4 is 28.6 Å². The van der Waals surface area contributed by atoms with Gasteiger partial charge in [-0.1, -0.05) is 6.92 Å². The van der Waals surface area contributed by atoms with Gasteiger partial charge in [-0.25, -0.2) is 9.37 Å².